The molecule has 0 bridgehead atoms. The number of hydrogen-bond donors (Lipinski definition) is 2. The van der Waals surface area contributed by atoms with Gasteiger partial charge >= 0.3 is 0 Å². The molecular weight excluding hydrogens is 223 g/mol. The highest BCUT2D eigenvalue weighted by molar-refractivity contribution is 6.42. The van der Waals surface area contributed by atoms with E-state index < -0.39 is 0 Å². The minimum atomic E-state index is 0.0659. The van der Waals surface area contributed by atoms with Gasteiger partial charge in [0.2, 0.25) is 0 Å². The molecule has 0 aliphatic rings. The van der Waals surface area contributed by atoms with Crippen molar-refractivity contribution < 1.29 is 10.2 Å². The zero-order valence-electron chi connectivity index (χ0n) is 7.63. The van der Waals surface area contributed by atoms with Crippen LogP contribution in [0.2, 0.25) is 10.0 Å². The summed E-state index contributed by atoms with van der Waals surface area (Å²) < 4.78 is 0. The molecule has 1 rings (SSSR count). The zero-order valence-corrected chi connectivity index (χ0v) is 9.15. The fraction of sp³-hybridized carbons (Fsp3) is 0.400. The maximum absolute atomic E-state index is 8.83. The van der Waals surface area contributed by atoms with Gasteiger partial charge in [0.05, 0.1) is 10.0 Å². The van der Waals surface area contributed by atoms with Crippen LogP contribution in [0, 0.1) is 0 Å². The molecule has 0 saturated carbocycles. The molecule has 78 valence electrons. The van der Waals surface area contributed by atoms with E-state index in [4.69, 9.17) is 33.4 Å². The number of hydrogen-bond acceptors (Lipinski definition) is 2. The summed E-state index contributed by atoms with van der Waals surface area (Å²) in [4.78, 5) is 0. The maximum atomic E-state index is 8.83. The van der Waals surface area contributed by atoms with Gasteiger partial charge in [-0.25, -0.2) is 0 Å². The molecule has 0 amide bonds. The number of halogens is 2. The van der Waals surface area contributed by atoms with Crippen molar-refractivity contribution in [2.24, 2.45) is 0 Å². The van der Waals surface area contributed by atoms with Crippen LogP contribution in [0.25, 0.3) is 0 Å². The molecule has 1 aromatic rings. The number of benzene rings is 1. The molecule has 4 heteroatoms. The topological polar surface area (TPSA) is 40.5 Å². The van der Waals surface area contributed by atoms with Gasteiger partial charge in [-0.05, 0) is 36.1 Å². The Morgan fingerprint density at radius 2 is 1.21 bits per heavy atom. The van der Waals surface area contributed by atoms with Gasteiger partial charge in [-0.1, -0.05) is 23.2 Å². The van der Waals surface area contributed by atoms with Crippen LogP contribution in [0.1, 0.15) is 11.1 Å². The summed E-state index contributed by atoms with van der Waals surface area (Å²) in [5, 5.41) is 18.6. The van der Waals surface area contributed by atoms with Crippen molar-refractivity contribution in [1.29, 1.82) is 0 Å². The third kappa shape index (κ3) is 2.85. The lowest BCUT2D eigenvalue weighted by Gasteiger charge is -2.09. The summed E-state index contributed by atoms with van der Waals surface area (Å²) in [6.07, 6.45) is 1.07. The summed E-state index contributed by atoms with van der Waals surface area (Å²) >= 11 is 11.7. The van der Waals surface area contributed by atoms with Crippen molar-refractivity contribution in [3.05, 3.63) is 33.3 Å². The second kappa shape index (κ2) is 5.56. The van der Waals surface area contributed by atoms with Gasteiger partial charge in [-0.15, -0.1) is 0 Å². The van der Waals surface area contributed by atoms with E-state index >= 15 is 0 Å². The van der Waals surface area contributed by atoms with Crippen molar-refractivity contribution in [2.45, 2.75) is 12.8 Å². The highest BCUT2D eigenvalue weighted by atomic mass is 35.5. The third-order valence-electron chi connectivity index (χ3n) is 2.00. The molecule has 14 heavy (non-hydrogen) atoms. The monoisotopic (exact) mass is 234 g/mol. The van der Waals surface area contributed by atoms with Gasteiger partial charge in [-0.3, -0.25) is 0 Å². The first kappa shape index (κ1) is 11.8. The SMILES string of the molecule is OCCc1cc(Cl)c(Cl)cc1CCO. The molecule has 1 aromatic carbocycles. The Labute approximate surface area is 93.1 Å². The summed E-state index contributed by atoms with van der Waals surface area (Å²) in [7, 11) is 0. The Kier molecular flexibility index (Phi) is 4.69. The molecule has 0 radical (unpaired) electrons. The number of aliphatic hydroxyl groups excluding tert-OH is 2. The molecule has 0 atom stereocenters. The second-order valence-electron chi connectivity index (χ2n) is 2.98. The van der Waals surface area contributed by atoms with Gasteiger partial charge in [0.15, 0.2) is 0 Å². The van der Waals surface area contributed by atoms with E-state index in [1.165, 1.54) is 0 Å². The first-order valence-corrected chi connectivity index (χ1v) is 5.13. The molecule has 0 aromatic heterocycles. The van der Waals surface area contributed by atoms with Crippen molar-refractivity contribution in [2.75, 3.05) is 13.2 Å². The van der Waals surface area contributed by atoms with E-state index in [1.54, 1.807) is 12.1 Å². The molecular formula is C10H12Cl2O2. The Bertz CT molecular complexity index is 282. The standard InChI is InChI=1S/C10H12Cl2O2/c11-9-5-7(1-3-13)8(2-4-14)6-10(9)12/h5-6,13-14H,1-4H2. The Morgan fingerprint density at radius 3 is 1.50 bits per heavy atom. The van der Waals surface area contributed by atoms with Crippen LogP contribution >= 0.6 is 23.2 Å². The summed E-state index contributed by atoms with van der Waals surface area (Å²) in [5.74, 6) is 0. The van der Waals surface area contributed by atoms with Crippen molar-refractivity contribution in [3.63, 3.8) is 0 Å². The van der Waals surface area contributed by atoms with Crippen molar-refractivity contribution in [3.8, 4) is 0 Å². The zero-order chi connectivity index (χ0) is 10.6. The Balaban J connectivity index is 3.03. The highest BCUT2D eigenvalue weighted by Gasteiger charge is 2.06. The second-order valence-corrected chi connectivity index (χ2v) is 3.80. The van der Waals surface area contributed by atoms with Crippen LogP contribution in [0.4, 0.5) is 0 Å². The summed E-state index contributed by atoms with van der Waals surface area (Å²) in [5.41, 5.74) is 1.88. The molecule has 2 N–H and O–H groups in total. The third-order valence-corrected chi connectivity index (χ3v) is 2.73. The largest absolute Gasteiger partial charge is 0.396 e. The number of aliphatic hydroxyl groups is 2. The Hall–Kier alpha value is -0.280. The predicted octanol–water partition coefficient (Wildman–Crippen LogP) is 2.06. The van der Waals surface area contributed by atoms with Crippen LogP contribution < -0.4 is 0 Å². The van der Waals surface area contributed by atoms with E-state index in [-0.39, 0.29) is 13.2 Å². The summed E-state index contributed by atoms with van der Waals surface area (Å²) in [6.45, 7) is 0.132. The fourth-order valence-electron chi connectivity index (χ4n) is 1.34. The van der Waals surface area contributed by atoms with Gasteiger partial charge in [0.25, 0.3) is 0 Å². The number of rotatable bonds is 4. The first-order chi connectivity index (χ1) is 6.69. The maximum Gasteiger partial charge on any atom is 0.0595 e. The van der Waals surface area contributed by atoms with E-state index in [9.17, 15) is 0 Å². The molecule has 2 nitrogen and oxygen atoms in total. The van der Waals surface area contributed by atoms with E-state index in [0.29, 0.717) is 22.9 Å². The van der Waals surface area contributed by atoms with Crippen LogP contribution in [0.5, 0.6) is 0 Å². The van der Waals surface area contributed by atoms with Gasteiger partial charge in [0, 0.05) is 13.2 Å². The van der Waals surface area contributed by atoms with E-state index in [0.717, 1.165) is 11.1 Å². The normalized spacial score (nSPS) is 10.6. The molecule has 0 saturated heterocycles. The predicted molar refractivity (Wildman–Crippen MR) is 58.0 cm³/mol. The van der Waals surface area contributed by atoms with E-state index in [1.807, 2.05) is 0 Å². The fourth-order valence-corrected chi connectivity index (χ4v) is 1.71. The lowest BCUT2D eigenvalue weighted by molar-refractivity contribution is 0.293. The van der Waals surface area contributed by atoms with Crippen LogP contribution in [-0.2, 0) is 12.8 Å². The van der Waals surface area contributed by atoms with Crippen molar-refractivity contribution >= 4 is 23.2 Å². The van der Waals surface area contributed by atoms with Gasteiger partial charge < -0.3 is 10.2 Å². The average molecular weight is 235 g/mol. The smallest absolute Gasteiger partial charge is 0.0595 e. The minimum Gasteiger partial charge on any atom is -0.396 e. The first-order valence-electron chi connectivity index (χ1n) is 4.37. The molecule has 0 spiro atoms. The lowest BCUT2D eigenvalue weighted by Crippen LogP contribution is -2.00. The minimum absolute atomic E-state index is 0.0659. The van der Waals surface area contributed by atoms with Gasteiger partial charge in [0.1, 0.15) is 0 Å². The quantitative estimate of drug-likeness (QED) is 0.838. The van der Waals surface area contributed by atoms with Gasteiger partial charge in [-0.2, -0.15) is 0 Å². The molecule has 0 heterocycles. The lowest BCUT2D eigenvalue weighted by atomic mass is 10.0. The molecule has 0 fully saturated rings. The molecule has 0 unspecified atom stereocenters. The van der Waals surface area contributed by atoms with E-state index in [2.05, 4.69) is 0 Å². The molecule has 0 aliphatic carbocycles. The molecule has 0 aliphatic heterocycles. The van der Waals surface area contributed by atoms with Crippen LogP contribution in [0.3, 0.4) is 0 Å². The highest BCUT2D eigenvalue weighted by Crippen LogP contribution is 2.26. The van der Waals surface area contributed by atoms with Crippen molar-refractivity contribution in [1.82, 2.24) is 0 Å². The van der Waals surface area contributed by atoms with Crippen LogP contribution in [0.15, 0.2) is 12.1 Å². The summed E-state index contributed by atoms with van der Waals surface area (Å²) in [6, 6.07) is 3.48. The average Bonchev–Trinajstić information content (AvgIpc) is 2.14. The Morgan fingerprint density at radius 1 is 0.857 bits per heavy atom. The van der Waals surface area contributed by atoms with Crippen LogP contribution in [-0.4, -0.2) is 23.4 Å².